The summed E-state index contributed by atoms with van der Waals surface area (Å²) in [4.78, 5) is 16.1. The van der Waals surface area contributed by atoms with Crippen LogP contribution in [0, 0.1) is 18.3 Å². The molecule has 4 nitrogen and oxygen atoms in total. The smallest absolute Gasteiger partial charge is 0.224 e. The van der Waals surface area contributed by atoms with E-state index in [4.69, 9.17) is 5.26 Å². The van der Waals surface area contributed by atoms with Gasteiger partial charge in [0.05, 0.1) is 11.6 Å². The van der Waals surface area contributed by atoms with Crippen molar-refractivity contribution in [1.29, 1.82) is 5.26 Å². The first-order chi connectivity index (χ1) is 10.2. The van der Waals surface area contributed by atoms with Crippen molar-refractivity contribution in [2.75, 3.05) is 11.1 Å². The van der Waals surface area contributed by atoms with Gasteiger partial charge in [-0.3, -0.25) is 4.79 Å². The highest BCUT2D eigenvalue weighted by molar-refractivity contribution is 8.01. The summed E-state index contributed by atoms with van der Waals surface area (Å²) in [6.07, 6.45) is 1.29. The van der Waals surface area contributed by atoms with Crippen molar-refractivity contribution < 1.29 is 4.79 Å². The fraction of sp³-hybridized carbons (Fsp3) is 0.267. The third kappa shape index (κ3) is 5.21. The van der Waals surface area contributed by atoms with Gasteiger partial charge in [0.25, 0.3) is 0 Å². The largest absolute Gasteiger partial charge is 0.326 e. The van der Waals surface area contributed by atoms with Gasteiger partial charge in [0, 0.05) is 28.9 Å². The Morgan fingerprint density at radius 2 is 2.19 bits per heavy atom. The van der Waals surface area contributed by atoms with E-state index in [-0.39, 0.29) is 5.91 Å². The lowest BCUT2D eigenvalue weighted by Crippen LogP contribution is -2.11. The average Bonchev–Trinajstić information content (AvgIpc) is 2.90. The van der Waals surface area contributed by atoms with Gasteiger partial charge in [-0.05, 0) is 37.6 Å². The van der Waals surface area contributed by atoms with Crippen molar-refractivity contribution in [3.05, 3.63) is 40.9 Å². The first kappa shape index (κ1) is 15.5. The summed E-state index contributed by atoms with van der Waals surface area (Å²) in [6, 6.07) is 8.91. The fourth-order valence-electron chi connectivity index (χ4n) is 1.64. The maximum Gasteiger partial charge on any atom is 0.224 e. The second kappa shape index (κ2) is 7.81. The third-order valence-corrected chi connectivity index (χ3v) is 4.89. The lowest BCUT2D eigenvalue weighted by atomic mass is 10.2. The van der Waals surface area contributed by atoms with Crippen molar-refractivity contribution in [3.63, 3.8) is 0 Å². The number of aryl methyl sites for hydroxylation is 1. The molecule has 0 unspecified atom stereocenters. The van der Waals surface area contributed by atoms with E-state index in [0.29, 0.717) is 12.0 Å². The predicted molar refractivity (Wildman–Crippen MR) is 86.6 cm³/mol. The number of nitrogens with zero attached hydrogens (tertiary/aromatic N) is 2. The van der Waals surface area contributed by atoms with Crippen LogP contribution in [0.5, 0.6) is 0 Å². The Hall–Kier alpha value is -1.84. The van der Waals surface area contributed by atoms with Crippen LogP contribution in [-0.2, 0) is 4.79 Å². The molecule has 0 aliphatic heterocycles. The van der Waals surface area contributed by atoms with Crippen LogP contribution in [0.1, 0.15) is 24.1 Å². The molecule has 0 aliphatic carbocycles. The van der Waals surface area contributed by atoms with E-state index in [1.807, 2.05) is 18.4 Å². The zero-order valence-corrected chi connectivity index (χ0v) is 13.3. The van der Waals surface area contributed by atoms with Crippen LogP contribution in [-0.4, -0.2) is 16.6 Å². The highest BCUT2D eigenvalue weighted by Crippen LogP contribution is 2.23. The number of thiazole rings is 1. The van der Waals surface area contributed by atoms with Crippen LogP contribution in [0.4, 0.5) is 5.69 Å². The number of anilines is 1. The standard InChI is InChI=1S/C15H15N3OS2/c1-11-10-21-15(17-11)20-8-2-3-14(19)18-13-6-4-12(9-16)5-7-13/h4-7,10H,2-3,8H2,1H3,(H,18,19). The zero-order chi connectivity index (χ0) is 15.1. The number of amides is 1. The van der Waals surface area contributed by atoms with Crippen molar-refractivity contribution in [2.45, 2.75) is 24.1 Å². The van der Waals surface area contributed by atoms with Crippen molar-refractivity contribution in [1.82, 2.24) is 4.98 Å². The van der Waals surface area contributed by atoms with Crippen LogP contribution < -0.4 is 5.32 Å². The topological polar surface area (TPSA) is 65.8 Å². The Bertz CT molecular complexity index is 644. The van der Waals surface area contributed by atoms with E-state index < -0.39 is 0 Å². The second-order valence-corrected chi connectivity index (χ2v) is 6.64. The molecule has 0 spiro atoms. The minimum Gasteiger partial charge on any atom is -0.326 e. The number of benzene rings is 1. The number of nitrogens with one attached hydrogen (secondary N) is 1. The molecule has 21 heavy (non-hydrogen) atoms. The average molecular weight is 317 g/mol. The molecule has 1 aromatic carbocycles. The number of aromatic nitrogens is 1. The van der Waals surface area contributed by atoms with Crippen LogP contribution in [0.3, 0.4) is 0 Å². The molecule has 0 radical (unpaired) electrons. The Morgan fingerprint density at radius 3 is 2.81 bits per heavy atom. The van der Waals surface area contributed by atoms with Gasteiger partial charge in [0.2, 0.25) is 5.91 Å². The van der Waals surface area contributed by atoms with Crippen LogP contribution >= 0.6 is 23.1 Å². The van der Waals surface area contributed by atoms with E-state index in [1.54, 1.807) is 47.4 Å². The monoisotopic (exact) mass is 317 g/mol. The molecule has 0 atom stereocenters. The van der Waals surface area contributed by atoms with Crippen molar-refractivity contribution in [2.24, 2.45) is 0 Å². The minimum atomic E-state index is -0.00405. The van der Waals surface area contributed by atoms with E-state index in [0.717, 1.165) is 27.9 Å². The van der Waals surface area contributed by atoms with Gasteiger partial charge in [0.1, 0.15) is 4.34 Å². The number of carbonyl (C=O) groups excluding carboxylic acids is 1. The van der Waals surface area contributed by atoms with Gasteiger partial charge in [0.15, 0.2) is 0 Å². The van der Waals surface area contributed by atoms with Crippen LogP contribution in [0.15, 0.2) is 34.0 Å². The SMILES string of the molecule is Cc1csc(SCCCC(=O)Nc2ccc(C#N)cc2)n1. The summed E-state index contributed by atoms with van der Waals surface area (Å²) in [5, 5.41) is 13.6. The van der Waals surface area contributed by atoms with Gasteiger partial charge in [-0.25, -0.2) is 4.98 Å². The molecule has 1 heterocycles. The van der Waals surface area contributed by atoms with E-state index in [9.17, 15) is 4.79 Å². The lowest BCUT2D eigenvalue weighted by molar-refractivity contribution is -0.116. The first-order valence-corrected chi connectivity index (χ1v) is 8.39. The number of thioether (sulfide) groups is 1. The molecular weight excluding hydrogens is 302 g/mol. The maximum atomic E-state index is 11.8. The Balaban J connectivity index is 1.68. The van der Waals surface area contributed by atoms with Crippen molar-refractivity contribution >= 4 is 34.7 Å². The molecule has 0 saturated carbocycles. The maximum absolute atomic E-state index is 11.8. The molecule has 0 saturated heterocycles. The Labute approximate surface area is 132 Å². The predicted octanol–water partition coefficient (Wildman–Crippen LogP) is 3.83. The summed E-state index contributed by atoms with van der Waals surface area (Å²) in [6.45, 7) is 1.98. The zero-order valence-electron chi connectivity index (χ0n) is 11.6. The van der Waals surface area contributed by atoms with Gasteiger partial charge in [-0.2, -0.15) is 5.26 Å². The molecule has 2 rings (SSSR count). The highest BCUT2D eigenvalue weighted by atomic mass is 32.2. The Kier molecular flexibility index (Phi) is 5.78. The number of hydrogen-bond donors (Lipinski definition) is 1. The molecule has 1 aromatic heterocycles. The summed E-state index contributed by atoms with van der Waals surface area (Å²) in [5.41, 5.74) is 2.35. The molecule has 108 valence electrons. The summed E-state index contributed by atoms with van der Waals surface area (Å²) in [5.74, 6) is 0.879. The summed E-state index contributed by atoms with van der Waals surface area (Å²) in [7, 11) is 0. The Morgan fingerprint density at radius 1 is 1.43 bits per heavy atom. The summed E-state index contributed by atoms with van der Waals surface area (Å²) >= 11 is 3.33. The lowest BCUT2D eigenvalue weighted by Gasteiger charge is -2.04. The number of hydrogen-bond acceptors (Lipinski definition) is 5. The van der Waals surface area contributed by atoms with Gasteiger partial charge >= 0.3 is 0 Å². The van der Waals surface area contributed by atoms with Gasteiger partial charge < -0.3 is 5.32 Å². The normalized spacial score (nSPS) is 10.1. The van der Waals surface area contributed by atoms with Crippen LogP contribution in [0.2, 0.25) is 0 Å². The first-order valence-electron chi connectivity index (χ1n) is 6.52. The second-order valence-electron chi connectivity index (χ2n) is 4.44. The molecule has 0 fully saturated rings. The minimum absolute atomic E-state index is 0.00405. The molecular formula is C15H15N3OS2. The molecule has 0 aliphatic rings. The fourth-order valence-corrected chi connectivity index (χ4v) is 3.50. The van der Waals surface area contributed by atoms with Gasteiger partial charge in [-0.15, -0.1) is 11.3 Å². The highest BCUT2D eigenvalue weighted by Gasteiger charge is 2.04. The van der Waals surface area contributed by atoms with E-state index >= 15 is 0 Å². The van der Waals surface area contributed by atoms with E-state index in [2.05, 4.69) is 10.3 Å². The molecule has 2 aromatic rings. The van der Waals surface area contributed by atoms with Crippen LogP contribution in [0.25, 0.3) is 0 Å². The van der Waals surface area contributed by atoms with Crippen molar-refractivity contribution in [3.8, 4) is 6.07 Å². The van der Waals surface area contributed by atoms with Gasteiger partial charge in [-0.1, -0.05) is 11.8 Å². The quantitative estimate of drug-likeness (QED) is 0.649. The molecule has 1 N–H and O–H groups in total. The molecule has 6 heteroatoms. The number of rotatable bonds is 6. The molecule has 1 amide bonds. The molecule has 0 bridgehead atoms. The number of carbonyl (C=O) groups is 1. The third-order valence-electron chi connectivity index (χ3n) is 2.67. The van der Waals surface area contributed by atoms with E-state index in [1.165, 1.54) is 0 Å². The number of nitriles is 1. The summed E-state index contributed by atoms with van der Waals surface area (Å²) < 4.78 is 1.06.